The Morgan fingerprint density at radius 3 is 3.06 bits per heavy atom. The second-order valence-corrected chi connectivity index (χ2v) is 4.84. The van der Waals surface area contributed by atoms with Gasteiger partial charge in [-0.2, -0.15) is 0 Å². The van der Waals surface area contributed by atoms with Gasteiger partial charge in [0, 0.05) is 0 Å². The van der Waals surface area contributed by atoms with E-state index < -0.39 is 0 Å². The first kappa shape index (κ1) is 11.6. The van der Waals surface area contributed by atoms with E-state index in [0.29, 0.717) is 5.92 Å². The van der Waals surface area contributed by atoms with E-state index >= 15 is 0 Å². The highest BCUT2D eigenvalue weighted by Crippen LogP contribution is 2.19. The third-order valence-electron chi connectivity index (χ3n) is 3.46. The molecule has 2 rings (SSSR count). The Balaban J connectivity index is 2.01. The van der Waals surface area contributed by atoms with Crippen molar-refractivity contribution in [1.82, 2.24) is 5.32 Å². The molecule has 1 N–H and O–H groups in total. The Kier molecular flexibility index (Phi) is 3.94. The largest absolute Gasteiger partial charge is 0.316 e. The lowest BCUT2D eigenvalue weighted by Gasteiger charge is -2.15. The van der Waals surface area contributed by atoms with Crippen LogP contribution in [0.2, 0.25) is 0 Å². The fourth-order valence-corrected chi connectivity index (χ4v) is 2.46. The molecule has 1 atom stereocenters. The molecule has 1 heterocycles. The normalized spacial score (nSPS) is 21.8. The lowest BCUT2D eigenvalue weighted by molar-refractivity contribution is 0.476. The predicted molar refractivity (Wildman–Crippen MR) is 65.1 cm³/mol. The minimum Gasteiger partial charge on any atom is -0.316 e. The Labute approximate surface area is 97.1 Å². The molecule has 0 aliphatic carbocycles. The van der Waals surface area contributed by atoms with Crippen molar-refractivity contribution in [3.63, 3.8) is 0 Å². The van der Waals surface area contributed by atoms with E-state index in [0.717, 1.165) is 25.1 Å². The molecule has 0 bridgehead atoms. The minimum atomic E-state index is -0.125. The van der Waals surface area contributed by atoms with Gasteiger partial charge in [-0.25, -0.2) is 4.39 Å². The molecule has 16 heavy (non-hydrogen) atoms. The highest BCUT2D eigenvalue weighted by atomic mass is 19.1. The molecule has 0 amide bonds. The fourth-order valence-electron chi connectivity index (χ4n) is 2.46. The molecule has 1 unspecified atom stereocenters. The van der Waals surface area contributed by atoms with Gasteiger partial charge < -0.3 is 5.32 Å². The van der Waals surface area contributed by atoms with Gasteiger partial charge in [0.1, 0.15) is 5.82 Å². The SMILES string of the molecule is Cc1cc(F)ccc1CC1CCCCNC1. The van der Waals surface area contributed by atoms with Gasteiger partial charge in [0.2, 0.25) is 0 Å². The molecule has 0 radical (unpaired) electrons. The van der Waals surface area contributed by atoms with Gasteiger partial charge in [-0.3, -0.25) is 0 Å². The summed E-state index contributed by atoms with van der Waals surface area (Å²) in [5.74, 6) is 0.590. The third kappa shape index (κ3) is 3.05. The van der Waals surface area contributed by atoms with Crippen molar-refractivity contribution >= 4 is 0 Å². The maximum absolute atomic E-state index is 13.0. The number of hydrogen-bond donors (Lipinski definition) is 1. The summed E-state index contributed by atoms with van der Waals surface area (Å²) in [6.07, 6.45) is 4.99. The molecule has 1 nitrogen and oxygen atoms in total. The molecule has 0 spiro atoms. The zero-order chi connectivity index (χ0) is 11.4. The standard InChI is InChI=1S/C14H20FN/c1-11-8-14(15)6-5-13(11)9-12-4-2-3-7-16-10-12/h5-6,8,12,16H,2-4,7,9-10H2,1H3. The number of nitrogens with one attached hydrogen (secondary N) is 1. The average molecular weight is 221 g/mol. The van der Waals surface area contributed by atoms with E-state index in [1.54, 1.807) is 12.1 Å². The molecule has 1 aromatic rings. The summed E-state index contributed by atoms with van der Waals surface area (Å²) in [6.45, 7) is 4.26. The molecular formula is C14H20FN. The number of halogens is 1. The van der Waals surface area contributed by atoms with E-state index in [-0.39, 0.29) is 5.82 Å². The van der Waals surface area contributed by atoms with Crippen molar-refractivity contribution in [3.8, 4) is 0 Å². The van der Waals surface area contributed by atoms with Gasteiger partial charge in [0.05, 0.1) is 0 Å². The summed E-state index contributed by atoms with van der Waals surface area (Å²) in [5.41, 5.74) is 2.39. The van der Waals surface area contributed by atoms with Crippen LogP contribution in [0.4, 0.5) is 4.39 Å². The van der Waals surface area contributed by atoms with E-state index in [1.807, 2.05) is 13.0 Å². The van der Waals surface area contributed by atoms with Crippen molar-refractivity contribution in [2.75, 3.05) is 13.1 Å². The molecule has 88 valence electrons. The molecule has 1 aromatic carbocycles. The monoisotopic (exact) mass is 221 g/mol. The second-order valence-electron chi connectivity index (χ2n) is 4.84. The summed E-state index contributed by atoms with van der Waals surface area (Å²) in [7, 11) is 0. The highest BCUT2D eigenvalue weighted by Gasteiger charge is 2.13. The first-order valence-corrected chi connectivity index (χ1v) is 6.21. The van der Waals surface area contributed by atoms with Crippen LogP contribution >= 0.6 is 0 Å². The third-order valence-corrected chi connectivity index (χ3v) is 3.46. The molecule has 0 saturated carbocycles. The zero-order valence-electron chi connectivity index (χ0n) is 9.93. The molecule has 2 heteroatoms. The first-order valence-electron chi connectivity index (χ1n) is 6.21. The van der Waals surface area contributed by atoms with Crippen LogP contribution in [-0.2, 0) is 6.42 Å². The summed E-state index contributed by atoms with van der Waals surface area (Å²) in [4.78, 5) is 0. The molecule has 0 aromatic heterocycles. The van der Waals surface area contributed by atoms with Crippen LogP contribution in [-0.4, -0.2) is 13.1 Å². The number of aryl methyl sites for hydroxylation is 1. The van der Waals surface area contributed by atoms with Crippen LogP contribution in [0.5, 0.6) is 0 Å². The van der Waals surface area contributed by atoms with Crippen molar-refractivity contribution < 1.29 is 4.39 Å². The van der Waals surface area contributed by atoms with Gasteiger partial charge >= 0.3 is 0 Å². The van der Waals surface area contributed by atoms with E-state index in [2.05, 4.69) is 5.32 Å². The van der Waals surface area contributed by atoms with Gasteiger partial charge in [-0.15, -0.1) is 0 Å². The summed E-state index contributed by atoms with van der Waals surface area (Å²) < 4.78 is 13.0. The molecule has 1 aliphatic heterocycles. The number of hydrogen-bond acceptors (Lipinski definition) is 1. The van der Waals surface area contributed by atoms with E-state index in [4.69, 9.17) is 0 Å². The van der Waals surface area contributed by atoms with Crippen LogP contribution in [0.15, 0.2) is 18.2 Å². The van der Waals surface area contributed by atoms with E-state index in [9.17, 15) is 4.39 Å². The van der Waals surface area contributed by atoms with Gasteiger partial charge in [0.25, 0.3) is 0 Å². The number of rotatable bonds is 2. The summed E-state index contributed by atoms with van der Waals surface area (Å²) in [5, 5.41) is 3.47. The average Bonchev–Trinajstić information content (AvgIpc) is 2.51. The van der Waals surface area contributed by atoms with E-state index in [1.165, 1.54) is 24.8 Å². The first-order chi connectivity index (χ1) is 7.75. The number of benzene rings is 1. The van der Waals surface area contributed by atoms with Crippen molar-refractivity contribution in [2.24, 2.45) is 5.92 Å². The van der Waals surface area contributed by atoms with Crippen LogP contribution < -0.4 is 5.32 Å². The maximum Gasteiger partial charge on any atom is 0.123 e. The Morgan fingerprint density at radius 1 is 1.38 bits per heavy atom. The Bertz CT molecular complexity index is 341. The van der Waals surface area contributed by atoms with Crippen LogP contribution in [0, 0.1) is 18.7 Å². The summed E-state index contributed by atoms with van der Waals surface area (Å²) >= 11 is 0. The zero-order valence-corrected chi connectivity index (χ0v) is 9.93. The Hall–Kier alpha value is -0.890. The molecule has 1 fully saturated rings. The highest BCUT2D eigenvalue weighted by molar-refractivity contribution is 5.27. The molecule has 1 saturated heterocycles. The van der Waals surface area contributed by atoms with Crippen LogP contribution in [0.3, 0.4) is 0 Å². The molecule has 1 aliphatic rings. The van der Waals surface area contributed by atoms with Crippen LogP contribution in [0.25, 0.3) is 0 Å². The molecular weight excluding hydrogens is 201 g/mol. The lowest BCUT2D eigenvalue weighted by atomic mass is 9.93. The van der Waals surface area contributed by atoms with Crippen molar-refractivity contribution in [3.05, 3.63) is 35.1 Å². The van der Waals surface area contributed by atoms with Gasteiger partial charge in [-0.05, 0) is 68.5 Å². The predicted octanol–water partition coefficient (Wildman–Crippen LogP) is 3.07. The van der Waals surface area contributed by atoms with Crippen molar-refractivity contribution in [1.29, 1.82) is 0 Å². The Morgan fingerprint density at radius 2 is 2.25 bits per heavy atom. The van der Waals surface area contributed by atoms with Crippen LogP contribution in [0.1, 0.15) is 30.4 Å². The van der Waals surface area contributed by atoms with Gasteiger partial charge in [-0.1, -0.05) is 12.5 Å². The summed E-state index contributed by atoms with van der Waals surface area (Å²) in [6, 6.07) is 5.15. The van der Waals surface area contributed by atoms with Gasteiger partial charge in [0.15, 0.2) is 0 Å². The topological polar surface area (TPSA) is 12.0 Å². The lowest BCUT2D eigenvalue weighted by Crippen LogP contribution is -2.22. The smallest absolute Gasteiger partial charge is 0.123 e. The maximum atomic E-state index is 13.0. The second kappa shape index (κ2) is 5.44. The van der Waals surface area contributed by atoms with Crippen molar-refractivity contribution in [2.45, 2.75) is 32.6 Å². The fraction of sp³-hybridized carbons (Fsp3) is 0.571. The quantitative estimate of drug-likeness (QED) is 0.809. The minimum absolute atomic E-state index is 0.125.